The fourth-order valence-electron chi connectivity index (χ4n) is 4.28. The molecule has 3 aromatic carbocycles. The number of H-pyrrole nitrogens is 1. The Labute approximate surface area is 190 Å². The molecule has 4 aromatic rings. The van der Waals surface area contributed by atoms with Crippen molar-refractivity contribution in [3.63, 3.8) is 0 Å². The maximum atomic E-state index is 14.0. The van der Waals surface area contributed by atoms with E-state index in [9.17, 15) is 9.59 Å². The Morgan fingerprint density at radius 2 is 1.69 bits per heavy atom. The summed E-state index contributed by atoms with van der Waals surface area (Å²) < 4.78 is 0. The quantitative estimate of drug-likeness (QED) is 0.427. The molecule has 7 heteroatoms. The molecule has 1 saturated heterocycles. The summed E-state index contributed by atoms with van der Waals surface area (Å²) in [6, 6.07) is 23.5. The van der Waals surface area contributed by atoms with E-state index in [1.54, 1.807) is 18.2 Å². The van der Waals surface area contributed by atoms with E-state index in [1.807, 2.05) is 67.6 Å². The van der Waals surface area contributed by atoms with Crippen LogP contribution in [0.4, 0.5) is 4.79 Å². The molecular weight excluding hydrogens is 424 g/mol. The highest BCUT2D eigenvalue weighted by Gasteiger charge is 2.55. The Morgan fingerprint density at radius 1 is 1.00 bits per heavy atom. The summed E-state index contributed by atoms with van der Waals surface area (Å²) in [5.41, 5.74) is 1.81. The van der Waals surface area contributed by atoms with Gasteiger partial charge >= 0.3 is 6.03 Å². The number of carbonyl (C=O) groups is 2. The van der Waals surface area contributed by atoms with Gasteiger partial charge in [0, 0.05) is 11.4 Å². The molecule has 3 amide bonds. The topological polar surface area (TPSA) is 78.1 Å². The van der Waals surface area contributed by atoms with Crippen LogP contribution in [0.5, 0.6) is 0 Å². The predicted molar refractivity (Wildman–Crippen MR) is 123 cm³/mol. The first-order valence-corrected chi connectivity index (χ1v) is 10.8. The van der Waals surface area contributed by atoms with Gasteiger partial charge in [-0.1, -0.05) is 72.3 Å². The summed E-state index contributed by atoms with van der Waals surface area (Å²) in [7, 11) is 0. The van der Waals surface area contributed by atoms with Crippen LogP contribution < -0.4 is 5.32 Å². The van der Waals surface area contributed by atoms with Crippen LogP contribution in [-0.4, -0.2) is 26.8 Å². The predicted octanol–water partition coefficient (Wildman–Crippen LogP) is 4.97. The molecule has 2 atom stereocenters. The first-order chi connectivity index (χ1) is 15.5. The minimum atomic E-state index is -1.35. The lowest BCUT2D eigenvalue weighted by molar-refractivity contribution is -0.133. The van der Waals surface area contributed by atoms with Crippen molar-refractivity contribution in [2.24, 2.45) is 0 Å². The van der Waals surface area contributed by atoms with Crippen molar-refractivity contribution in [3.05, 3.63) is 101 Å². The third-order valence-electron chi connectivity index (χ3n) is 5.95. The number of hydrogen-bond acceptors (Lipinski definition) is 3. The number of fused-ring (bicyclic) bond motifs is 1. The Bertz CT molecular complexity index is 1310. The number of benzene rings is 3. The van der Waals surface area contributed by atoms with Crippen LogP contribution >= 0.6 is 11.6 Å². The van der Waals surface area contributed by atoms with Crippen LogP contribution in [0.3, 0.4) is 0 Å². The molecule has 0 radical (unpaired) electrons. The van der Waals surface area contributed by atoms with Gasteiger partial charge in [0.2, 0.25) is 0 Å². The number of halogens is 1. The molecule has 0 spiro atoms. The fraction of sp³-hybridized carbons (Fsp3) is 0.160. The second-order valence-corrected chi connectivity index (χ2v) is 8.44. The SMILES string of the molecule is CC(c1ccccc1)N1C(=O)NC(Cc2ccccc2)(c2nc3ccc(Cl)cc3[nH]2)C1=O. The number of rotatable bonds is 5. The molecule has 2 heterocycles. The van der Waals surface area contributed by atoms with E-state index in [2.05, 4.69) is 15.3 Å². The summed E-state index contributed by atoms with van der Waals surface area (Å²) in [6.07, 6.45) is 0.268. The number of aromatic nitrogens is 2. The largest absolute Gasteiger partial charge is 0.339 e. The molecule has 1 aliphatic heterocycles. The van der Waals surface area contributed by atoms with Crippen LogP contribution in [0, 0.1) is 0 Å². The normalized spacial score (nSPS) is 19.4. The molecule has 1 aromatic heterocycles. The molecule has 160 valence electrons. The molecule has 0 saturated carbocycles. The highest BCUT2D eigenvalue weighted by molar-refractivity contribution is 6.31. The molecule has 0 bridgehead atoms. The molecule has 2 unspecified atom stereocenters. The van der Waals surface area contributed by atoms with Crippen molar-refractivity contribution < 1.29 is 9.59 Å². The molecule has 32 heavy (non-hydrogen) atoms. The molecular formula is C25H21ClN4O2. The maximum absolute atomic E-state index is 14.0. The highest BCUT2D eigenvalue weighted by atomic mass is 35.5. The summed E-state index contributed by atoms with van der Waals surface area (Å²) in [4.78, 5) is 36.3. The van der Waals surface area contributed by atoms with E-state index in [0.717, 1.165) is 11.1 Å². The van der Waals surface area contributed by atoms with Gasteiger partial charge in [-0.2, -0.15) is 0 Å². The number of hydrogen-bond donors (Lipinski definition) is 2. The molecule has 0 aliphatic carbocycles. The van der Waals surface area contributed by atoms with Crippen LogP contribution in [-0.2, 0) is 16.8 Å². The standard InChI is InChI=1S/C25H21ClN4O2/c1-16(18-10-6-3-7-11-18)30-23(31)25(29-24(30)32,15-17-8-4-2-5-9-17)22-27-20-13-12-19(26)14-21(20)28-22/h2-14,16H,15H2,1H3,(H,27,28)(H,29,32). The average Bonchev–Trinajstić information content (AvgIpc) is 3.33. The smallest absolute Gasteiger partial charge is 0.325 e. The monoisotopic (exact) mass is 444 g/mol. The van der Waals surface area contributed by atoms with Crippen molar-refractivity contribution >= 4 is 34.6 Å². The molecule has 1 aliphatic rings. The van der Waals surface area contributed by atoms with Gasteiger partial charge < -0.3 is 10.3 Å². The number of aromatic amines is 1. The average molecular weight is 445 g/mol. The van der Waals surface area contributed by atoms with E-state index in [4.69, 9.17) is 11.6 Å². The van der Waals surface area contributed by atoms with Crippen molar-refractivity contribution in [1.29, 1.82) is 0 Å². The third-order valence-corrected chi connectivity index (χ3v) is 6.19. The van der Waals surface area contributed by atoms with Crippen molar-refractivity contribution in [2.75, 3.05) is 0 Å². The number of nitrogens with zero attached hydrogens (tertiary/aromatic N) is 2. The van der Waals surface area contributed by atoms with E-state index in [1.165, 1.54) is 4.90 Å². The first-order valence-electron chi connectivity index (χ1n) is 10.4. The number of urea groups is 1. The number of imide groups is 1. The summed E-state index contributed by atoms with van der Waals surface area (Å²) in [5, 5.41) is 3.53. The van der Waals surface area contributed by atoms with Crippen LogP contribution in [0.1, 0.15) is 29.9 Å². The zero-order valence-corrected chi connectivity index (χ0v) is 18.1. The lowest BCUT2D eigenvalue weighted by Crippen LogP contribution is -2.47. The highest BCUT2D eigenvalue weighted by Crippen LogP contribution is 2.36. The summed E-state index contributed by atoms with van der Waals surface area (Å²) in [5.74, 6) is 0.0487. The van der Waals surface area contributed by atoms with E-state index in [-0.39, 0.29) is 12.3 Å². The number of carbonyl (C=O) groups excluding carboxylic acids is 2. The number of amides is 3. The number of imidazole rings is 1. The van der Waals surface area contributed by atoms with Gasteiger partial charge in [-0.25, -0.2) is 9.78 Å². The Morgan fingerprint density at radius 3 is 2.41 bits per heavy atom. The fourth-order valence-corrected chi connectivity index (χ4v) is 4.45. The minimum Gasteiger partial charge on any atom is -0.339 e. The van der Waals surface area contributed by atoms with Gasteiger partial charge in [-0.3, -0.25) is 9.69 Å². The third kappa shape index (κ3) is 3.33. The zero-order chi connectivity index (χ0) is 22.3. The van der Waals surface area contributed by atoms with Gasteiger partial charge in [0.25, 0.3) is 5.91 Å². The van der Waals surface area contributed by atoms with Crippen LogP contribution in [0.25, 0.3) is 11.0 Å². The van der Waals surface area contributed by atoms with E-state index in [0.29, 0.717) is 21.9 Å². The summed E-state index contributed by atoms with van der Waals surface area (Å²) in [6.45, 7) is 1.85. The molecule has 2 N–H and O–H groups in total. The second-order valence-electron chi connectivity index (χ2n) is 8.01. The van der Waals surface area contributed by atoms with E-state index < -0.39 is 17.6 Å². The van der Waals surface area contributed by atoms with Crippen LogP contribution in [0.2, 0.25) is 5.02 Å². The number of nitrogens with one attached hydrogen (secondary N) is 2. The molecule has 5 rings (SSSR count). The van der Waals surface area contributed by atoms with E-state index >= 15 is 0 Å². The first kappa shape index (κ1) is 20.3. The summed E-state index contributed by atoms with van der Waals surface area (Å²) >= 11 is 6.14. The van der Waals surface area contributed by atoms with Crippen molar-refractivity contribution in [2.45, 2.75) is 24.9 Å². The zero-order valence-electron chi connectivity index (χ0n) is 17.4. The lowest BCUT2D eigenvalue weighted by atomic mass is 9.89. The van der Waals surface area contributed by atoms with Crippen molar-refractivity contribution in [3.8, 4) is 0 Å². The van der Waals surface area contributed by atoms with Crippen molar-refractivity contribution in [1.82, 2.24) is 20.2 Å². The van der Waals surface area contributed by atoms with Gasteiger partial charge in [0.05, 0.1) is 17.1 Å². The molecule has 6 nitrogen and oxygen atoms in total. The van der Waals surface area contributed by atoms with Gasteiger partial charge in [-0.05, 0) is 36.2 Å². The minimum absolute atomic E-state index is 0.268. The van der Waals surface area contributed by atoms with Gasteiger partial charge in [0.1, 0.15) is 5.82 Å². The second kappa shape index (κ2) is 7.80. The Balaban J connectivity index is 1.63. The Hall–Kier alpha value is -3.64. The lowest BCUT2D eigenvalue weighted by Gasteiger charge is -2.27. The van der Waals surface area contributed by atoms with Gasteiger partial charge in [0.15, 0.2) is 5.54 Å². The Kier molecular flexibility index (Phi) is 4.94. The van der Waals surface area contributed by atoms with Gasteiger partial charge in [-0.15, -0.1) is 0 Å². The molecule has 1 fully saturated rings. The van der Waals surface area contributed by atoms with Crippen LogP contribution in [0.15, 0.2) is 78.9 Å². The maximum Gasteiger partial charge on any atom is 0.325 e.